The Morgan fingerprint density at radius 3 is 2.45 bits per heavy atom. The molecule has 3 amide bonds. The van der Waals surface area contributed by atoms with Gasteiger partial charge in [0, 0.05) is 44.2 Å². The quantitative estimate of drug-likeness (QED) is 0.393. The summed E-state index contributed by atoms with van der Waals surface area (Å²) in [5, 5.41) is 10.9. The van der Waals surface area contributed by atoms with Crippen LogP contribution < -0.4 is 0 Å². The molecular formula is C19H21F3N4O5. The van der Waals surface area contributed by atoms with E-state index in [2.05, 4.69) is 0 Å². The number of halogens is 3. The number of nitro benzene ring substituents is 1. The van der Waals surface area contributed by atoms with Crippen molar-refractivity contribution in [3.8, 4) is 0 Å². The third-order valence-corrected chi connectivity index (χ3v) is 5.73. The van der Waals surface area contributed by atoms with Crippen LogP contribution in [0.4, 0.5) is 18.9 Å². The normalized spacial score (nSPS) is 22.1. The molecule has 1 aromatic carbocycles. The lowest BCUT2D eigenvalue weighted by Crippen LogP contribution is -2.62. The molecule has 1 aromatic rings. The molecule has 0 aliphatic carbocycles. The Labute approximate surface area is 175 Å². The first-order valence-corrected chi connectivity index (χ1v) is 9.63. The zero-order valence-electron chi connectivity index (χ0n) is 16.9. The maximum Gasteiger partial charge on any atom is 0.405 e. The Balaban J connectivity index is 1.60. The minimum absolute atomic E-state index is 0.0443. The molecule has 2 unspecified atom stereocenters. The first kappa shape index (κ1) is 22.7. The predicted octanol–water partition coefficient (Wildman–Crippen LogP) is 2.06. The predicted molar refractivity (Wildman–Crippen MR) is 101 cm³/mol. The van der Waals surface area contributed by atoms with Gasteiger partial charge in [0.2, 0.25) is 5.91 Å². The average Bonchev–Trinajstić information content (AvgIpc) is 2.93. The number of benzene rings is 1. The lowest BCUT2D eigenvalue weighted by atomic mass is 10.1. The Morgan fingerprint density at radius 2 is 1.84 bits per heavy atom. The standard InChI is InChI=1S/C19H21F3N4O5/c1-11-9-24(10-15(23(11)2)19(20,21)22)16(27)4-3-7-25-17(28)13-6-5-12(26(30)31)8-14(13)18(25)29/h5-6,8,11,15H,3-4,7,9-10H2,1-2H3. The number of amides is 3. The number of hydrogen-bond donors (Lipinski definition) is 0. The van der Waals surface area contributed by atoms with Crippen LogP contribution in [-0.2, 0) is 4.79 Å². The van der Waals surface area contributed by atoms with Gasteiger partial charge in [-0.05, 0) is 26.5 Å². The summed E-state index contributed by atoms with van der Waals surface area (Å²) in [5.74, 6) is -1.80. The molecule has 0 aromatic heterocycles. The maximum atomic E-state index is 13.2. The third-order valence-electron chi connectivity index (χ3n) is 5.73. The van der Waals surface area contributed by atoms with Gasteiger partial charge in [-0.2, -0.15) is 13.2 Å². The molecule has 2 heterocycles. The summed E-state index contributed by atoms with van der Waals surface area (Å²) in [7, 11) is 1.37. The minimum Gasteiger partial charge on any atom is -0.339 e. The number of carbonyl (C=O) groups excluding carboxylic acids is 3. The summed E-state index contributed by atoms with van der Waals surface area (Å²) in [6.07, 6.45) is -4.52. The van der Waals surface area contributed by atoms with Gasteiger partial charge < -0.3 is 4.90 Å². The molecule has 0 bridgehead atoms. The molecule has 168 valence electrons. The molecule has 0 spiro atoms. The SMILES string of the molecule is CC1CN(C(=O)CCCN2C(=O)c3ccc([N+](=O)[O-])cc3C2=O)CC(C(F)(F)F)N1C. The van der Waals surface area contributed by atoms with Crippen LogP contribution in [-0.4, -0.2) is 82.3 Å². The van der Waals surface area contributed by atoms with E-state index in [0.29, 0.717) is 0 Å². The van der Waals surface area contributed by atoms with E-state index in [9.17, 15) is 37.7 Å². The fraction of sp³-hybridized carbons (Fsp3) is 0.526. The zero-order valence-corrected chi connectivity index (χ0v) is 16.9. The molecule has 31 heavy (non-hydrogen) atoms. The largest absolute Gasteiger partial charge is 0.405 e. The van der Waals surface area contributed by atoms with Crippen LogP contribution in [0.15, 0.2) is 18.2 Å². The number of piperazine rings is 1. The first-order valence-electron chi connectivity index (χ1n) is 9.63. The van der Waals surface area contributed by atoms with Gasteiger partial charge in [-0.15, -0.1) is 0 Å². The topological polar surface area (TPSA) is 104 Å². The maximum absolute atomic E-state index is 13.2. The average molecular weight is 442 g/mol. The van der Waals surface area contributed by atoms with Gasteiger partial charge in [0.15, 0.2) is 0 Å². The summed E-state index contributed by atoms with van der Waals surface area (Å²) in [6, 6.07) is 1.14. The van der Waals surface area contributed by atoms with Gasteiger partial charge in [0.1, 0.15) is 6.04 Å². The summed E-state index contributed by atoms with van der Waals surface area (Å²) in [6.45, 7) is 1.17. The molecule has 3 rings (SSSR count). The smallest absolute Gasteiger partial charge is 0.339 e. The molecule has 2 atom stereocenters. The van der Waals surface area contributed by atoms with Crippen LogP contribution in [0, 0.1) is 10.1 Å². The highest BCUT2D eigenvalue weighted by Gasteiger charge is 2.47. The van der Waals surface area contributed by atoms with Crippen molar-refractivity contribution < 1.29 is 32.5 Å². The number of carbonyl (C=O) groups is 3. The van der Waals surface area contributed by atoms with E-state index in [1.165, 1.54) is 18.0 Å². The first-order chi connectivity index (χ1) is 14.4. The Morgan fingerprint density at radius 1 is 1.19 bits per heavy atom. The van der Waals surface area contributed by atoms with Crippen LogP contribution in [0.1, 0.15) is 40.5 Å². The van der Waals surface area contributed by atoms with Gasteiger partial charge >= 0.3 is 6.18 Å². The second-order valence-electron chi connectivity index (χ2n) is 7.72. The van der Waals surface area contributed by atoms with E-state index in [-0.39, 0.29) is 42.7 Å². The Hall–Kier alpha value is -3.02. The van der Waals surface area contributed by atoms with Crippen molar-refractivity contribution in [1.82, 2.24) is 14.7 Å². The van der Waals surface area contributed by atoms with E-state index >= 15 is 0 Å². The number of hydrogen-bond acceptors (Lipinski definition) is 6. The van der Waals surface area contributed by atoms with Crippen LogP contribution in [0.2, 0.25) is 0 Å². The summed E-state index contributed by atoms with van der Waals surface area (Å²) in [4.78, 5) is 50.8. The van der Waals surface area contributed by atoms with Gasteiger partial charge in [0.05, 0.1) is 16.1 Å². The van der Waals surface area contributed by atoms with Gasteiger partial charge in [-0.3, -0.25) is 34.3 Å². The number of likely N-dealkylation sites (N-methyl/N-ethyl adjacent to an activating group) is 1. The lowest BCUT2D eigenvalue weighted by Gasteiger charge is -2.44. The summed E-state index contributed by atoms with van der Waals surface area (Å²) < 4.78 is 39.7. The van der Waals surface area contributed by atoms with E-state index in [4.69, 9.17) is 0 Å². The van der Waals surface area contributed by atoms with Crippen LogP contribution in [0.5, 0.6) is 0 Å². The van der Waals surface area contributed by atoms with Crippen molar-refractivity contribution in [2.75, 3.05) is 26.7 Å². The van der Waals surface area contributed by atoms with Crippen molar-refractivity contribution in [2.24, 2.45) is 0 Å². The van der Waals surface area contributed by atoms with Gasteiger partial charge in [-0.25, -0.2) is 0 Å². The van der Waals surface area contributed by atoms with Crippen LogP contribution in [0.25, 0.3) is 0 Å². The molecule has 0 saturated carbocycles. The third kappa shape index (κ3) is 4.38. The second kappa shape index (κ2) is 8.25. The molecule has 0 radical (unpaired) electrons. The van der Waals surface area contributed by atoms with Gasteiger partial charge in [-0.1, -0.05) is 0 Å². The molecule has 1 fully saturated rings. The monoisotopic (exact) mass is 442 g/mol. The van der Waals surface area contributed by atoms with Gasteiger partial charge in [0.25, 0.3) is 17.5 Å². The number of fused-ring (bicyclic) bond motifs is 1. The molecule has 2 aliphatic rings. The number of non-ortho nitro benzene ring substituents is 1. The second-order valence-corrected chi connectivity index (χ2v) is 7.72. The van der Waals surface area contributed by atoms with E-state index in [1.54, 1.807) is 6.92 Å². The van der Waals surface area contributed by atoms with Crippen LogP contribution >= 0.6 is 0 Å². The van der Waals surface area contributed by atoms with Crippen molar-refractivity contribution in [3.63, 3.8) is 0 Å². The lowest BCUT2D eigenvalue weighted by molar-refractivity contribution is -0.384. The minimum atomic E-state index is -4.47. The van der Waals surface area contributed by atoms with Crippen molar-refractivity contribution in [3.05, 3.63) is 39.4 Å². The molecule has 9 nitrogen and oxygen atoms in total. The number of rotatable bonds is 5. The van der Waals surface area contributed by atoms with Crippen molar-refractivity contribution in [1.29, 1.82) is 0 Å². The Kier molecular flexibility index (Phi) is 6.03. The number of nitrogens with zero attached hydrogens (tertiary/aromatic N) is 4. The molecule has 0 N–H and O–H groups in total. The highest BCUT2D eigenvalue weighted by molar-refractivity contribution is 6.21. The fourth-order valence-corrected chi connectivity index (χ4v) is 3.85. The highest BCUT2D eigenvalue weighted by Crippen LogP contribution is 2.30. The zero-order chi connectivity index (χ0) is 23.1. The number of nitro groups is 1. The van der Waals surface area contributed by atoms with E-state index in [1.807, 2.05) is 0 Å². The van der Waals surface area contributed by atoms with E-state index < -0.39 is 47.4 Å². The Bertz CT molecular complexity index is 936. The molecular weight excluding hydrogens is 421 g/mol. The molecule has 12 heteroatoms. The van der Waals surface area contributed by atoms with Crippen molar-refractivity contribution in [2.45, 2.75) is 38.0 Å². The highest BCUT2D eigenvalue weighted by atomic mass is 19.4. The fourth-order valence-electron chi connectivity index (χ4n) is 3.85. The molecule has 1 saturated heterocycles. The van der Waals surface area contributed by atoms with Crippen molar-refractivity contribution >= 4 is 23.4 Å². The summed E-state index contributed by atoms with van der Waals surface area (Å²) in [5.41, 5.74) is -0.352. The summed E-state index contributed by atoms with van der Waals surface area (Å²) >= 11 is 0. The number of alkyl halides is 3. The van der Waals surface area contributed by atoms with E-state index in [0.717, 1.165) is 21.9 Å². The van der Waals surface area contributed by atoms with Crippen LogP contribution in [0.3, 0.4) is 0 Å². The molecule has 2 aliphatic heterocycles. The number of imide groups is 1.